The molecule has 0 unspecified atom stereocenters. The average molecular weight is 276 g/mol. The van der Waals surface area contributed by atoms with Crippen molar-refractivity contribution in [2.75, 3.05) is 18.1 Å². The molecule has 0 aliphatic carbocycles. The Morgan fingerprint density at radius 1 is 1.43 bits per heavy atom. The summed E-state index contributed by atoms with van der Waals surface area (Å²) in [5.41, 5.74) is 7.77. The Balaban J connectivity index is 2.39. The summed E-state index contributed by atoms with van der Waals surface area (Å²) in [6, 6.07) is 6.01. The molecule has 0 radical (unpaired) electrons. The second-order valence-electron chi connectivity index (χ2n) is 2.99. The van der Waals surface area contributed by atoms with Crippen LogP contribution in [-0.2, 0) is 5.75 Å². The fraction of sp³-hybridized carbons (Fsp3) is 0.400. The number of hydrogen-bond donors (Lipinski definition) is 2. The molecular weight excluding hydrogens is 262 g/mol. The Hall–Kier alpha value is -0.190. The van der Waals surface area contributed by atoms with E-state index in [1.54, 1.807) is 0 Å². The number of nitrogen functional groups attached to an aromatic ring is 1. The van der Waals surface area contributed by atoms with Gasteiger partial charge in [0.05, 0.1) is 0 Å². The van der Waals surface area contributed by atoms with E-state index in [4.69, 9.17) is 10.8 Å². The van der Waals surface area contributed by atoms with Gasteiger partial charge in [0.2, 0.25) is 0 Å². The lowest BCUT2D eigenvalue weighted by atomic mass is 10.2. The number of benzene rings is 1. The van der Waals surface area contributed by atoms with Crippen LogP contribution in [0.15, 0.2) is 22.7 Å². The van der Waals surface area contributed by atoms with E-state index in [0.717, 1.165) is 28.1 Å². The minimum atomic E-state index is 0.273. The first kappa shape index (κ1) is 11.9. The smallest absolute Gasteiger partial charge is 0.0461 e. The van der Waals surface area contributed by atoms with Gasteiger partial charge < -0.3 is 10.8 Å². The largest absolute Gasteiger partial charge is 0.398 e. The molecule has 4 heteroatoms. The van der Waals surface area contributed by atoms with Gasteiger partial charge in [-0.3, -0.25) is 0 Å². The Morgan fingerprint density at radius 2 is 2.21 bits per heavy atom. The van der Waals surface area contributed by atoms with Crippen molar-refractivity contribution < 1.29 is 5.11 Å². The quantitative estimate of drug-likeness (QED) is 0.642. The summed E-state index contributed by atoms with van der Waals surface area (Å²) in [5.74, 6) is 1.95. The SMILES string of the molecule is Nc1cc(CSCCCO)ccc1Br. The first-order valence-corrected chi connectivity index (χ1v) is 6.41. The summed E-state index contributed by atoms with van der Waals surface area (Å²) in [6.07, 6.45) is 0.858. The van der Waals surface area contributed by atoms with Crippen molar-refractivity contribution in [2.24, 2.45) is 0 Å². The van der Waals surface area contributed by atoms with Crippen LogP contribution in [0.3, 0.4) is 0 Å². The highest BCUT2D eigenvalue weighted by molar-refractivity contribution is 9.10. The minimum Gasteiger partial charge on any atom is -0.398 e. The third-order valence-corrected chi connectivity index (χ3v) is 3.61. The molecule has 1 rings (SSSR count). The van der Waals surface area contributed by atoms with Crippen molar-refractivity contribution in [2.45, 2.75) is 12.2 Å². The molecule has 0 aromatic heterocycles. The molecule has 0 atom stereocenters. The van der Waals surface area contributed by atoms with Crippen molar-refractivity contribution >= 4 is 33.4 Å². The minimum absolute atomic E-state index is 0.273. The van der Waals surface area contributed by atoms with Crippen LogP contribution in [0.1, 0.15) is 12.0 Å². The first-order valence-electron chi connectivity index (χ1n) is 4.46. The number of halogens is 1. The third kappa shape index (κ3) is 3.90. The Kier molecular flexibility index (Phi) is 5.37. The summed E-state index contributed by atoms with van der Waals surface area (Å²) < 4.78 is 0.946. The van der Waals surface area contributed by atoms with Crippen molar-refractivity contribution in [3.8, 4) is 0 Å². The number of anilines is 1. The second-order valence-corrected chi connectivity index (χ2v) is 4.95. The maximum atomic E-state index is 8.60. The van der Waals surface area contributed by atoms with Crippen LogP contribution in [0.4, 0.5) is 5.69 Å². The fourth-order valence-corrected chi connectivity index (χ4v) is 2.18. The number of aliphatic hydroxyl groups is 1. The van der Waals surface area contributed by atoms with Gasteiger partial charge in [-0.05, 0) is 45.8 Å². The summed E-state index contributed by atoms with van der Waals surface area (Å²) in [6.45, 7) is 0.273. The standard InChI is InChI=1S/C10H14BrNOS/c11-9-3-2-8(6-10(9)12)7-14-5-1-4-13/h2-3,6,13H,1,4-5,7,12H2. The number of rotatable bonds is 5. The van der Waals surface area contributed by atoms with Crippen LogP contribution in [0.25, 0.3) is 0 Å². The number of hydrogen-bond acceptors (Lipinski definition) is 3. The van der Waals surface area contributed by atoms with E-state index < -0.39 is 0 Å². The van der Waals surface area contributed by atoms with Crippen LogP contribution >= 0.6 is 27.7 Å². The van der Waals surface area contributed by atoms with Gasteiger partial charge in [-0.1, -0.05) is 6.07 Å². The monoisotopic (exact) mass is 275 g/mol. The molecule has 0 spiro atoms. The highest BCUT2D eigenvalue weighted by Gasteiger charge is 1.98. The molecule has 0 aliphatic heterocycles. The molecular formula is C10H14BrNOS. The summed E-state index contributed by atoms with van der Waals surface area (Å²) in [7, 11) is 0. The fourth-order valence-electron chi connectivity index (χ4n) is 1.04. The molecule has 0 amide bonds. The van der Waals surface area contributed by atoms with E-state index in [2.05, 4.69) is 22.0 Å². The Bertz CT molecular complexity index is 293. The van der Waals surface area contributed by atoms with Gasteiger partial charge in [0.1, 0.15) is 0 Å². The van der Waals surface area contributed by atoms with Crippen LogP contribution in [0, 0.1) is 0 Å². The van der Waals surface area contributed by atoms with E-state index in [-0.39, 0.29) is 6.61 Å². The molecule has 0 saturated heterocycles. The van der Waals surface area contributed by atoms with Gasteiger partial charge in [-0.25, -0.2) is 0 Å². The van der Waals surface area contributed by atoms with Crippen molar-refractivity contribution in [1.29, 1.82) is 0 Å². The molecule has 0 fully saturated rings. The maximum Gasteiger partial charge on any atom is 0.0461 e. The predicted octanol–water partition coefficient (Wildman–Crippen LogP) is 2.65. The van der Waals surface area contributed by atoms with E-state index >= 15 is 0 Å². The first-order chi connectivity index (χ1) is 6.74. The molecule has 1 aromatic rings. The number of thioether (sulfide) groups is 1. The molecule has 3 N–H and O–H groups in total. The van der Waals surface area contributed by atoms with Crippen molar-refractivity contribution in [3.05, 3.63) is 28.2 Å². The second kappa shape index (κ2) is 6.32. The van der Waals surface area contributed by atoms with E-state index in [9.17, 15) is 0 Å². The normalized spacial score (nSPS) is 10.4. The Morgan fingerprint density at radius 3 is 2.86 bits per heavy atom. The predicted molar refractivity (Wildman–Crippen MR) is 66.4 cm³/mol. The molecule has 78 valence electrons. The molecule has 0 saturated carbocycles. The molecule has 0 bridgehead atoms. The molecule has 14 heavy (non-hydrogen) atoms. The van der Waals surface area contributed by atoms with Gasteiger partial charge in [0.25, 0.3) is 0 Å². The highest BCUT2D eigenvalue weighted by atomic mass is 79.9. The van der Waals surface area contributed by atoms with Crippen LogP contribution < -0.4 is 5.73 Å². The van der Waals surface area contributed by atoms with Gasteiger partial charge in [-0.2, -0.15) is 11.8 Å². The third-order valence-electron chi connectivity index (χ3n) is 1.78. The van der Waals surface area contributed by atoms with E-state index in [1.165, 1.54) is 5.56 Å². The van der Waals surface area contributed by atoms with Crippen molar-refractivity contribution in [3.63, 3.8) is 0 Å². The maximum absolute atomic E-state index is 8.60. The van der Waals surface area contributed by atoms with Crippen LogP contribution in [0.5, 0.6) is 0 Å². The lowest BCUT2D eigenvalue weighted by Crippen LogP contribution is -1.90. The van der Waals surface area contributed by atoms with Gasteiger partial charge >= 0.3 is 0 Å². The van der Waals surface area contributed by atoms with Gasteiger partial charge in [-0.15, -0.1) is 0 Å². The Labute approximate surface area is 97.0 Å². The van der Waals surface area contributed by atoms with E-state index in [0.29, 0.717) is 0 Å². The molecule has 2 nitrogen and oxygen atoms in total. The lowest BCUT2D eigenvalue weighted by Gasteiger charge is -2.03. The van der Waals surface area contributed by atoms with Crippen LogP contribution in [0.2, 0.25) is 0 Å². The molecule has 0 heterocycles. The molecule has 0 aliphatic rings. The summed E-state index contributed by atoms with van der Waals surface area (Å²) in [4.78, 5) is 0. The van der Waals surface area contributed by atoms with Crippen LogP contribution in [-0.4, -0.2) is 17.5 Å². The van der Waals surface area contributed by atoms with Gasteiger partial charge in [0.15, 0.2) is 0 Å². The zero-order valence-electron chi connectivity index (χ0n) is 7.87. The summed E-state index contributed by atoms with van der Waals surface area (Å²) >= 11 is 5.17. The number of aliphatic hydroxyl groups excluding tert-OH is 1. The van der Waals surface area contributed by atoms with Crippen molar-refractivity contribution in [1.82, 2.24) is 0 Å². The number of nitrogens with two attached hydrogens (primary N) is 1. The van der Waals surface area contributed by atoms with E-state index in [1.807, 2.05) is 23.9 Å². The zero-order valence-corrected chi connectivity index (χ0v) is 10.3. The van der Waals surface area contributed by atoms with Gasteiger partial charge in [0, 0.05) is 22.5 Å². The average Bonchev–Trinajstić information content (AvgIpc) is 2.18. The summed E-state index contributed by atoms with van der Waals surface area (Å²) in [5, 5.41) is 8.60. The highest BCUT2D eigenvalue weighted by Crippen LogP contribution is 2.22. The zero-order chi connectivity index (χ0) is 10.4. The molecule has 1 aromatic carbocycles. The lowest BCUT2D eigenvalue weighted by molar-refractivity contribution is 0.296. The topological polar surface area (TPSA) is 46.2 Å².